The smallest absolute Gasteiger partial charge is 0.260 e. The van der Waals surface area contributed by atoms with Gasteiger partial charge in [-0.05, 0) is 76.6 Å². The summed E-state index contributed by atoms with van der Waals surface area (Å²) in [6, 6.07) is 13.7. The van der Waals surface area contributed by atoms with Gasteiger partial charge in [-0.25, -0.2) is 4.98 Å². The first-order valence-electron chi connectivity index (χ1n) is 9.66. The van der Waals surface area contributed by atoms with Crippen LogP contribution >= 0.6 is 23.1 Å². The van der Waals surface area contributed by atoms with E-state index in [4.69, 9.17) is 9.72 Å². The van der Waals surface area contributed by atoms with Crippen LogP contribution < -0.4 is 9.64 Å². The molecule has 0 aliphatic rings. The topological polar surface area (TPSA) is 45.7 Å². The fourth-order valence-electron chi connectivity index (χ4n) is 3.02. The number of thioether (sulfide) groups is 1. The summed E-state index contributed by atoms with van der Waals surface area (Å²) in [6.07, 6.45) is 2.90. The standard InChI is InChI=1S/C22H27N3O2S2/c1-5-27-18-8-6-9-19-20(18)23-22(29-19)25(15-7-14-24(2)3)21(26)16-10-12-17(28-4)13-11-16/h6,8-13H,5,7,14-15H2,1-4H3. The minimum atomic E-state index is -0.0200. The molecule has 154 valence electrons. The van der Waals surface area contributed by atoms with Crippen LogP contribution in [0.2, 0.25) is 0 Å². The van der Waals surface area contributed by atoms with Crippen LogP contribution in [-0.4, -0.2) is 55.8 Å². The molecule has 5 nitrogen and oxygen atoms in total. The highest BCUT2D eigenvalue weighted by Crippen LogP contribution is 2.35. The Balaban J connectivity index is 1.94. The third-order valence-electron chi connectivity index (χ3n) is 4.47. The van der Waals surface area contributed by atoms with E-state index in [1.807, 2.05) is 69.7 Å². The van der Waals surface area contributed by atoms with E-state index < -0.39 is 0 Å². The zero-order chi connectivity index (χ0) is 20.8. The number of nitrogens with zero attached hydrogens (tertiary/aromatic N) is 3. The molecule has 29 heavy (non-hydrogen) atoms. The van der Waals surface area contributed by atoms with Crippen molar-refractivity contribution in [3.05, 3.63) is 48.0 Å². The number of para-hydroxylation sites is 1. The molecule has 2 aromatic carbocycles. The Hall–Kier alpha value is -2.09. The number of amides is 1. The maximum absolute atomic E-state index is 13.3. The van der Waals surface area contributed by atoms with E-state index in [2.05, 4.69) is 4.90 Å². The van der Waals surface area contributed by atoms with Crippen molar-refractivity contribution in [3.63, 3.8) is 0 Å². The summed E-state index contributed by atoms with van der Waals surface area (Å²) in [5.74, 6) is 0.742. The first-order valence-corrected chi connectivity index (χ1v) is 11.7. The van der Waals surface area contributed by atoms with Crippen LogP contribution in [0.5, 0.6) is 5.75 Å². The molecule has 0 bridgehead atoms. The summed E-state index contributed by atoms with van der Waals surface area (Å²) in [7, 11) is 4.08. The van der Waals surface area contributed by atoms with Crippen molar-refractivity contribution in [2.24, 2.45) is 0 Å². The molecule has 0 radical (unpaired) electrons. The molecule has 7 heteroatoms. The van der Waals surface area contributed by atoms with Crippen LogP contribution in [0.3, 0.4) is 0 Å². The summed E-state index contributed by atoms with van der Waals surface area (Å²) >= 11 is 3.20. The molecule has 3 rings (SSSR count). The number of hydrogen-bond donors (Lipinski definition) is 0. The van der Waals surface area contributed by atoms with Gasteiger partial charge in [0.25, 0.3) is 5.91 Å². The first-order chi connectivity index (χ1) is 14.0. The maximum Gasteiger partial charge on any atom is 0.260 e. The van der Waals surface area contributed by atoms with Gasteiger partial charge in [0.05, 0.1) is 11.3 Å². The van der Waals surface area contributed by atoms with Crippen molar-refractivity contribution < 1.29 is 9.53 Å². The van der Waals surface area contributed by atoms with E-state index in [1.165, 1.54) is 11.3 Å². The third-order valence-corrected chi connectivity index (χ3v) is 6.26. The lowest BCUT2D eigenvalue weighted by Crippen LogP contribution is -2.33. The number of anilines is 1. The molecule has 1 heterocycles. The Labute approximate surface area is 180 Å². The Morgan fingerprint density at radius 3 is 2.55 bits per heavy atom. The molecule has 0 unspecified atom stereocenters. The van der Waals surface area contributed by atoms with Gasteiger partial charge in [0.2, 0.25) is 0 Å². The van der Waals surface area contributed by atoms with Crippen LogP contribution in [0.4, 0.5) is 5.13 Å². The highest BCUT2D eigenvalue weighted by Gasteiger charge is 2.22. The van der Waals surface area contributed by atoms with E-state index in [-0.39, 0.29) is 5.91 Å². The van der Waals surface area contributed by atoms with Crippen LogP contribution in [0.15, 0.2) is 47.4 Å². The molecule has 0 spiro atoms. The zero-order valence-electron chi connectivity index (χ0n) is 17.3. The average molecular weight is 430 g/mol. The number of thiazole rings is 1. The number of benzene rings is 2. The number of ether oxygens (including phenoxy) is 1. The quantitative estimate of drug-likeness (QED) is 0.447. The zero-order valence-corrected chi connectivity index (χ0v) is 19.0. The van der Waals surface area contributed by atoms with Crippen LogP contribution in [0, 0.1) is 0 Å². The second kappa shape index (κ2) is 10.1. The van der Waals surface area contributed by atoms with Crippen molar-refractivity contribution in [1.29, 1.82) is 0 Å². The fourth-order valence-corrected chi connectivity index (χ4v) is 4.43. The number of rotatable bonds is 9. The summed E-state index contributed by atoms with van der Waals surface area (Å²) in [4.78, 5) is 23.2. The van der Waals surface area contributed by atoms with Crippen molar-refractivity contribution in [1.82, 2.24) is 9.88 Å². The SMILES string of the molecule is CCOc1cccc2sc(N(CCCN(C)C)C(=O)c3ccc(SC)cc3)nc12. The van der Waals surface area contributed by atoms with E-state index in [1.54, 1.807) is 16.7 Å². The highest BCUT2D eigenvalue weighted by molar-refractivity contribution is 7.98. The number of carbonyl (C=O) groups excluding carboxylic acids is 1. The number of hydrogen-bond acceptors (Lipinski definition) is 6. The van der Waals surface area contributed by atoms with E-state index >= 15 is 0 Å². The largest absolute Gasteiger partial charge is 0.492 e. The van der Waals surface area contributed by atoms with Gasteiger partial charge in [-0.3, -0.25) is 9.69 Å². The molecule has 0 saturated carbocycles. The lowest BCUT2D eigenvalue weighted by molar-refractivity contribution is 0.0986. The lowest BCUT2D eigenvalue weighted by atomic mass is 10.2. The molecule has 1 amide bonds. The van der Waals surface area contributed by atoms with Gasteiger partial charge >= 0.3 is 0 Å². The molecular formula is C22H27N3O2S2. The van der Waals surface area contributed by atoms with E-state index in [9.17, 15) is 4.79 Å². The summed E-state index contributed by atoms with van der Waals surface area (Å²) in [5.41, 5.74) is 1.49. The molecule has 0 saturated heterocycles. The Bertz CT molecular complexity index is 954. The Morgan fingerprint density at radius 1 is 1.14 bits per heavy atom. The van der Waals surface area contributed by atoms with Crippen molar-refractivity contribution in [2.45, 2.75) is 18.2 Å². The van der Waals surface area contributed by atoms with E-state index in [0.717, 1.165) is 33.8 Å². The molecule has 0 aliphatic heterocycles. The number of carbonyl (C=O) groups is 1. The van der Waals surface area contributed by atoms with Gasteiger partial charge < -0.3 is 9.64 Å². The van der Waals surface area contributed by atoms with E-state index in [0.29, 0.717) is 23.8 Å². The predicted molar refractivity (Wildman–Crippen MR) is 124 cm³/mol. The minimum Gasteiger partial charge on any atom is -0.492 e. The molecule has 0 N–H and O–H groups in total. The monoisotopic (exact) mass is 429 g/mol. The van der Waals surface area contributed by atoms with Gasteiger partial charge in [-0.2, -0.15) is 0 Å². The second-order valence-electron chi connectivity index (χ2n) is 6.87. The van der Waals surface area contributed by atoms with Crippen molar-refractivity contribution in [3.8, 4) is 5.75 Å². The van der Waals surface area contributed by atoms with Crippen LogP contribution in [-0.2, 0) is 0 Å². The number of aromatic nitrogens is 1. The second-order valence-corrected chi connectivity index (χ2v) is 8.76. The molecule has 1 aromatic heterocycles. The summed E-state index contributed by atoms with van der Waals surface area (Å²) < 4.78 is 6.75. The molecule has 0 aliphatic carbocycles. The Morgan fingerprint density at radius 2 is 1.90 bits per heavy atom. The molecular weight excluding hydrogens is 402 g/mol. The van der Waals surface area contributed by atoms with Crippen molar-refractivity contribution >= 4 is 44.4 Å². The van der Waals surface area contributed by atoms with Gasteiger partial charge in [0.15, 0.2) is 5.13 Å². The normalized spacial score (nSPS) is 11.2. The predicted octanol–water partition coefficient (Wildman–Crippen LogP) is 5.02. The fraction of sp³-hybridized carbons (Fsp3) is 0.364. The summed E-state index contributed by atoms with van der Waals surface area (Å²) in [5, 5.41) is 0.713. The lowest BCUT2D eigenvalue weighted by Gasteiger charge is -2.21. The Kier molecular flexibility index (Phi) is 7.52. The molecule has 0 fully saturated rings. The van der Waals surface area contributed by atoms with Gasteiger partial charge in [-0.1, -0.05) is 17.4 Å². The number of fused-ring (bicyclic) bond motifs is 1. The molecule has 3 aromatic rings. The molecule has 0 atom stereocenters. The summed E-state index contributed by atoms with van der Waals surface area (Å²) in [6.45, 7) is 4.07. The minimum absolute atomic E-state index is 0.0200. The first kappa shape index (κ1) is 21.6. The maximum atomic E-state index is 13.3. The van der Waals surface area contributed by atoms with Gasteiger partial charge in [0.1, 0.15) is 11.3 Å². The van der Waals surface area contributed by atoms with Gasteiger partial charge in [0, 0.05) is 17.0 Å². The van der Waals surface area contributed by atoms with Crippen LogP contribution in [0.1, 0.15) is 23.7 Å². The van der Waals surface area contributed by atoms with Crippen LogP contribution in [0.25, 0.3) is 10.2 Å². The van der Waals surface area contributed by atoms with Gasteiger partial charge in [-0.15, -0.1) is 11.8 Å². The third kappa shape index (κ3) is 5.29. The highest BCUT2D eigenvalue weighted by atomic mass is 32.2. The average Bonchev–Trinajstić information content (AvgIpc) is 3.16. The van der Waals surface area contributed by atoms with Crippen molar-refractivity contribution in [2.75, 3.05) is 44.9 Å².